The van der Waals surface area contributed by atoms with Gasteiger partial charge in [0, 0.05) is 23.8 Å². The summed E-state index contributed by atoms with van der Waals surface area (Å²) < 4.78 is 11.6. The summed E-state index contributed by atoms with van der Waals surface area (Å²) in [5.41, 5.74) is 0.363. The maximum Gasteiger partial charge on any atom is 0.270 e. The third-order valence-corrected chi connectivity index (χ3v) is 4.44. The number of rotatable bonds is 5. The van der Waals surface area contributed by atoms with Gasteiger partial charge in [0.1, 0.15) is 12.6 Å². The predicted molar refractivity (Wildman–Crippen MR) is 106 cm³/mol. The van der Waals surface area contributed by atoms with Gasteiger partial charge in [-0.3, -0.25) is 19.7 Å². The lowest BCUT2D eigenvalue weighted by Crippen LogP contribution is -2.29. The van der Waals surface area contributed by atoms with E-state index < -0.39 is 22.9 Å². The molecule has 0 fully saturated rings. The summed E-state index contributed by atoms with van der Waals surface area (Å²) in [6, 6.07) is 13.3. The van der Waals surface area contributed by atoms with E-state index in [1.807, 2.05) is 0 Å². The molecule has 2 heterocycles. The average Bonchev–Trinajstić information content (AvgIpc) is 3.23. The number of amides is 1. The van der Waals surface area contributed by atoms with Gasteiger partial charge in [-0.2, -0.15) is 10.4 Å². The van der Waals surface area contributed by atoms with Gasteiger partial charge < -0.3 is 14.8 Å². The number of hydrogen-bond donors (Lipinski definition) is 1. The van der Waals surface area contributed by atoms with Crippen LogP contribution in [0.1, 0.15) is 5.56 Å². The predicted octanol–water partition coefficient (Wildman–Crippen LogP) is 2.06. The van der Waals surface area contributed by atoms with E-state index in [2.05, 4.69) is 10.4 Å². The fraction of sp³-hybridized carbons (Fsp3) is 0.100. The number of hydrogen-bond acceptors (Lipinski definition) is 8. The summed E-state index contributed by atoms with van der Waals surface area (Å²) in [5, 5.41) is 26.7. The summed E-state index contributed by atoms with van der Waals surface area (Å²) >= 11 is 0. The summed E-state index contributed by atoms with van der Waals surface area (Å²) in [4.78, 5) is 34.8. The van der Waals surface area contributed by atoms with Gasteiger partial charge in [-0.25, -0.2) is 4.68 Å². The van der Waals surface area contributed by atoms with E-state index in [4.69, 9.17) is 9.47 Å². The number of nitro groups is 1. The number of aromatic nitrogens is 2. The third-order valence-electron chi connectivity index (χ3n) is 4.44. The summed E-state index contributed by atoms with van der Waals surface area (Å²) in [5.74, 6) is 0.535. The molecule has 0 bridgehead atoms. The second kappa shape index (κ2) is 7.96. The molecule has 11 heteroatoms. The van der Waals surface area contributed by atoms with Crippen molar-refractivity contribution in [2.45, 2.75) is 6.54 Å². The number of anilines is 1. The molecular weight excluding hydrogens is 406 g/mol. The number of nitriles is 1. The van der Waals surface area contributed by atoms with E-state index in [-0.39, 0.29) is 23.7 Å². The summed E-state index contributed by atoms with van der Waals surface area (Å²) in [7, 11) is 0. The molecule has 0 radical (unpaired) electrons. The Morgan fingerprint density at radius 1 is 1.19 bits per heavy atom. The smallest absolute Gasteiger partial charge is 0.270 e. The van der Waals surface area contributed by atoms with E-state index in [9.17, 15) is 25.0 Å². The average molecular weight is 419 g/mol. The number of fused-ring (bicyclic) bond motifs is 1. The van der Waals surface area contributed by atoms with Crippen LogP contribution in [0.2, 0.25) is 0 Å². The molecule has 11 nitrogen and oxygen atoms in total. The fourth-order valence-corrected chi connectivity index (χ4v) is 2.95. The van der Waals surface area contributed by atoms with Gasteiger partial charge in [0.05, 0.1) is 21.9 Å². The molecule has 1 N–H and O–H groups in total. The van der Waals surface area contributed by atoms with Crippen LogP contribution in [0.25, 0.3) is 11.3 Å². The fourth-order valence-electron chi connectivity index (χ4n) is 2.95. The van der Waals surface area contributed by atoms with Crippen LogP contribution in [0.5, 0.6) is 11.5 Å². The molecule has 0 atom stereocenters. The number of nitrogens with zero attached hydrogens (tertiary/aromatic N) is 4. The van der Waals surface area contributed by atoms with E-state index in [1.54, 1.807) is 24.3 Å². The first-order valence-electron chi connectivity index (χ1n) is 8.91. The molecule has 1 amide bonds. The first-order valence-corrected chi connectivity index (χ1v) is 8.91. The van der Waals surface area contributed by atoms with Crippen molar-refractivity contribution in [1.82, 2.24) is 9.78 Å². The lowest BCUT2D eigenvalue weighted by atomic mass is 10.1. The molecule has 0 aliphatic carbocycles. The van der Waals surface area contributed by atoms with Crippen LogP contribution in [0.15, 0.2) is 53.3 Å². The lowest BCUT2D eigenvalue weighted by Gasteiger charge is -2.09. The second-order valence-corrected chi connectivity index (χ2v) is 6.43. The Morgan fingerprint density at radius 3 is 2.77 bits per heavy atom. The number of nitro benzene ring substituents is 1. The van der Waals surface area contributed by atoms with Crippen molar-refractivity contribution in [3.8, 4) is 28.8 Å². The zero-order valence-corrected chi connectivity index (χ0v) is 15.8. The molecular formula is C20H13N5O6. The van der Waals surface area contributed by atoms with Crippen molar-refractivity contribution in [3.63, 3.8) is 0 Å². The van der Waals surface area contributed by atoms with E-state index >= 15 is 0 Å². The van der Waals surface area contributed by atoms with E-state index in [0.29, 0.717) is 22.8 Å². The molecule has 0 saturated carbocycles. The van der Waals surface area contributed by atoms with Gasteiger partial charge in [-0.05, 0) is 30.3 Å². The van der Waals surface area contributed by atoms with Crippen LogP contribution in [0.3, 0.4) is 0 Å². The number of ether oxygens (including phenoxy) is 2. The normalized spacial score (nSPS) is 11.6. The highest BCUT2D eigenvalue weighted by Gasteiger charge is 2.16. The number of carbonyl (C=O) groups is 1. The molecule has 1 aliphatic rings. The molecule has 0 spiro atoms. The summed E-state index contributed by atoms with van der Waals surface area (Å²) in [6.45, 7) is -0.293. The summed E-state index contributed by atoms with van der Waals surface area (Å²) in [6.07, 6.45) is 0. The number of non-ortho nitro benzene ring substituents is 1. The Bertz CT molecular complexity index is 1310. The molecule has 31 heavy (non-hydrogen) atoms. The van der Waals surface area contributed by atoms with Crippen molar-refractivity contribution < 1.29 is 19.2 Å². The van der Waals surface area contributed by atoms with Gasteiger partial charge in [0.15, 0.2) is 11.5 Å². The monoisotopic (exact) mass is 419 g/mol. The first-order chi connectivity index (χ1) is 14.9. The van der Waals surface area contributed by atoms with Crippen LogP contribution in [0.4, 0.5) is 11.4 Å². The van der Waals surface area contributed by atoms with Crippen molar-refractivity contribution in [2.75, 3.05) is 12.1 Å². The zero-order valence-electron chi connectivity index (χ0n) is 15.8. The second-order valence-electron chi connectivity index (χ2n) is 6.43. The Labute approximate surface area is 174 Å². The van der Waals surface area contributed by atoms with Gasteiger partial charge in [0.2, 0.25) is 12.7 Å². The Hall–Kier alpha value is -4.72. The Kier molecular flexibility index (Phi) is 5.03. The van der Waals surface area contributed by atoms with Crippen molar-refractivity contribution in [3.05, 3.63) is 74.6 Å². The molecule has 4 rings (SSSR count). The molecule has 3 aromatic rings. The molecule has 0 unspecified atom stereocenters. The minimum absolute atomic E-state index is 0.0723. The maximum absolute atomic E-state index is 12.4. The van der Waals surface area contributed by atoms with Crippen LogP contribution in [-0.2, 0) is 11.3 Å². The van der Waals surface area contributed by atoms with E-state index in [1.165, 1.54) is 24.3 Å². The SMILES string of the molecule is N#Cc1cc([N+](=O)[O-])ccc1NC(=O)Cn1nc(-c2ccc3c(c2)OCO3)ccc1=O. The van der Waals surface area contributed by atoms with Crippen LogP contribution in [-0.4, -0.2) is 27.4 Å². The van der Waals surface area contributed by atoms with Gasteiger partial charge in [0.25, 0.3) is 11.2 Å². The third kappa shape index (κ3) is 4.03. The zero-order chi connectivity index (χ0) is 22.0. The highest BCUT2D eigenvalue weighted by molar-refractivity contribution is 5.92. The van der Waals surface area contributed by atoms with Crippen molar-refractivity contribution in [1.29, 1.82) is 5.26 Å². The molecule has 0 saturated heterocycles. The molecule has 1 aromatic heterocycles. The maximum atomic E-state index is 12.4. The van der Waals surface area contributed by atoms with Gasteiger partial charge in [-0.1, -0.05) is 0 Å². The first kappa shape index (κ1) is 19.6. The Balaban J connectivity index is 1.55. The highest BCUT2D eigenvalue weighted by Crippen LogP contribution is 2.35. The van der Waals surface area contributed by atoms with Crippen molar-refractivity contribution >= 4 is 17.3 Å². The minimum atomic E-state index is -0.641. The van der Waals surface area contributed by atoms with Gasteiger partial charge >= 0.3 is 0 Å². The number of nitrogens with one attached hydrogen (secondary N) is 1. The number of carbonyl (C=O) groups excluding carboxylic acids is 1. The topological polar surface area (TPSA) is 149 Å². The molecule has 2 aromatic carbocycles. The van der Waals surface area contributed by atoms with E-state index in [0.717, 1.165) is 10.7 Å². The van der Waals surface area contributed by atoms with Gasteiger partial charge in [-0.15, -0.1) is 0 Å². The number of benzene rings is 2. The molecule has 1 aliphatic heterocycles. The standard InChI is InChI=1S/C20H13N5O6/c21-9-13-7-14(25(28)29)2-3-15(13)22-19(26)10-24-20(27)6-4-16(23-24)12-1-5-17-18(8-12)31-11-30-17/h1-8H,10-11H2,(H,22,26). The van der Waals surface area contributed by atoms with Crippen molar-refractivity contribution in [2.24, 2.45) is 0 Å². The quantitative estimate of drug-likeness (QED) is 0.488. The largest absolute Gasteiger partial charge is 0.454 e. The van der Waals surface area contributed by atoms with Crippen LogP contribution >= 0.6 is 0 Å². The lowest BCUT2D eigenvalue weighted by molar-refractivity contribution is -0.384. The molecule has 154 valence electrons. The van der Waals surface area contributed by atoms with Crippen LogP contribution < -0.4 is 20.3 Å². The highest BCUT2D eigenvalue weighted by atomic mass is 16.7. The van der Waals surface area contributed by atoms with Crippen LogP contribution in [0, 0.1) is 21.4 Å². The Morgan fingerprint density at radius 2 is 2.00 bits per heavy atom. The minimum Gasteiger partial charge on any atom is -0.454 e.